The van der Waals surface area contributed by atoms with Crippen LogP contribution in [0.4, 0.5) is 4.39 Å². The van der Waals surface area contributed by atoms with Crippen LogP contribution in [-0.4, -0.2) is 35.5 Å². The van der Waals surface area contributed by atoms with Crippen LogP contribution in [0.25, 0.3) is 10.4 Å². The number of amides is 2. The second-order valence-corrected chi connectivity index (χ2v) is 6.07. The van der Waals surface area contributed by atoms with Gasteiger partial charge in [-0.1, -0.05) is 23.3 Å². The summed E-state index contributed by atoms with van der Waals surface area (Å²) in [6.07, 6.45) is -0.380. The van der Waals surface area contributed by atoms with Gasteiger partial charge in [-0.2, -0.15) is 0 Å². The zero-order valence-electron chi connectivity index (χ0n) is 15.2. The largest absolute Gasteiger partial charge is 0.481 e. The van der Waals surface area contributed by atoms with Gasteiger partial charge in [-0.05, 0) is 41.4 Å². The molecule has 0 aliphatic rings. The molecule has 9 nitrogen and oxygen atoms in total. The molecule has 0 heterocycles. The Morgan fingerprint density at radius 3 is 2.45 bits per heavy atom. The van der Waals surface area contributed by atoms with Crippen molar-refractivity contribution >= 4 is 17.8 Å². The summed E-state index contributed by atoms with van der Waals surface area (Å²) < 4.78 is 13.2. The molecule has 150 valence electrons. The van der Waals surface area contributed by atoms with E-state index in [0.29, 0.717) is 5.56 Å². The number of nitrogens with zero attached hydrogens (tertiary/aromatic N) is 3. The van der Waals surface area contributed by atoms with Crippen molar-refractivity contribution in [3.8, 4) is 0 Å². The van der Waals surface area contributed by atoms with E-state index in [1.54, 1.807) is 12.1 Å². The number of halogens is 1. The lowest BCUT2D eigenvalue weighted by Gasteiger charge is -2.14. The summed E-state index contributed by atoms with van der Waals surface area (Å²) in [6.45, 7) is -0.00545. The number of hydrogen-bond acceptors (Lipinski definition) is 4. The third kappa shape index (κ3) is 6.96. The van der Waals surface area contributed by atoms with Crippen molar-refractivity contribution in [2.24, 2.45) is 5.11 Å². The van der Waals surface area contributed by atoms with Crippen LogP contribution >= 0.6 is 0 Å². The van der Waals surface area contributed by atoms with Gasteiger partial charge in [0.05, 0.1) is 6.42 Å². The summed E-state index contributed by atoms with van der Waals surface area (Å²) in [7, 11) is 0. The number of carboxylic acid groups (broad SMARTS) is 1. The summed E-state index contributed by atoms with van der Waals surface area (Å²) in [6, 6.07) is 10.8. The molecule has 0 bridgehead atoms. The van der Waals surface area contributed by atoms with E-state index in [4.69, 9.17) is 10.6 Å². The quantitative estimate of drug-likeness (QED) is 0.338. The van der Waals surface area contributed by atoms with E-state index in [2.05, 4.69) is 20.7 Å². The Bertz CT molecular complexity index is 938. The van der Waals surface area contributed by atoms with Gasteiger partial charge in [0.15, 0.2) is 0 Å². The Labute approximate surface area is 165 Å². The van der Waals surface area contributed by atoms with Gasteiger partial charge in [-0.15, -0.1) is 0 Å². The number of carbonyl (C=O) groups excluding carboxylic acids is 2. The lowest BCUT2D eigenvalue weighted by Crippen LogP contribution is -2.38. The Kier molecular flexibility index (Phi) is 7.69. The van der Waals surface area contributed by atoms with E-state index in [9.17, 15) is 18.8 Å². The molecule has 1 atom stereocenters. The Hall–Kier alpha value is -3.91. The highest BCUT2D eigenvalue weighted by molar-refractivity contribution is 5.95. The average Bonchev–Trinajstić information content (AvgIpc) is 2.70. The first-order valence-electron chi connectivity index (χ1n) is 8.55. The SMILES string of the molecule is [N-]=[N+]=NC[C@H](CC(=O)O)NC(=O)c1ccc(CNC(=O)c2cccc(F)c2)cc1. The number of aliphatic carboxylic acids is 1. The Morgan fingerprint density at radius 2 is 1.83 bits per heavy atom. The summed E-state index contributed by atoms with van der Waals surface area (Å²) in [5.74, 6) is -2.58. The van der Waals surface area contributed by atoms with Crippen LogP contribution in [0.15, 0.2) is 53.6 Å². The molecule has 2 aromatic rings. The van der Waals surface area contributed by atoms with Crippen molar-refractivity contribution < 1.29 is 23.9 Å². The first-order chi connectivity index (χ1) is 13.9. The molecule has 0 fully saturated rings. The van der Waals surface area contributed by atoms with Crippen molar-refractivity contribution in [1.29, 1.82) is 0 Å². The number of carbonyl (C=O) groups is 3. The fourth-order valence-corrected chi connectivity index (χ4v) is 2.46. The third-order valence-electron chi connectivity index (χ3n) is 3.88. The predicted molar refractivity (Wildman–Crippen MR) is 102 cm³/mol. The van der Waals surface area contributed by atoms with E-state index in [0.717, 1.165) is 6.07 Å². The monoisotopic (exact) mass is 399 g/mol. The molecule has 0 saturated carbocycles. The number of rotatable bonds is 9. The molecule has 0 aliphatic carbocycles. The van der Waals surface area contributed by atoms with Gasteiger partial charge in [0, 0.05) is 35.2 Å². The standard InChI is InChI=1S/C19H18FN5O4/c20-15-3-1-2-14(8-15)18(28)22-10-12-4-6-13(7-5-12)19(29)24-16(9-17(26)27)11-23-25-21/h1-8,16H,9-11H2,(H,22,28)(H,24,29)(H,26,27)/t16-/m0/s1. The van der Waals surface area contributed by atoms with Crippen molar-refractivity contribution in [3.63, 3.8) is 0 Å². The number of hydrogen-bond donors (Lipinski definition) is 3. The van der Waals surface area contributed by atoms with E-state index in [1.807, 2.05) is 0 Å². The number of carboxylic acids is 1. The van der Waals surface area contributed by atoms with Crippen LogP contribution < -0.4 is 10.6 Å². The molecule has 0 radical (unpaired) electrons. The molecular formula is C19H18FN5O4. The maximum Gasteiger partial charge on any atom is 0.305 e. The molecule has 29 heavy (non-hydrogen) atoms. The van der Waals surface area contributed by atoms with Gasteiger partial charge in [-0.3, -0.25) is 14.4 Å². The molecule has 0 aliphatic heterocycles. The summed E-state index contributed by atoms with van der Waals surface area (Å²) in [5.41, 5.74) is 9.55. The molecule has 2 rings (SSSR count). The van der Waals surface area contributed by atoms with Gasteiger partial charge in [-0.25, -0.2) is 4.39 Å². The average molecular weight is 399 g/mol. The van der Waals surface area contributed by atoms with Crippen molar-refractivity contribution in [1.82, 2.24) is 10.6 Å². The second kappa shape index (κ2) is 10.4. The first-order valence-corrected chi connectivity index (χ1v) is 8.55. The fraction of sp³-hybridized carbons (Fsp3) is 0.211. The maximum atomic E-state index is 13.2. The summed E-state index contributed by atoms with van der Waals surface area (Å²) in [4.78, 5) is 37.7. The van der Waals surface area contributed by atoms with Crippen molar-refractivity contribution in [2.45, 2.75) is 19.0 Å². The van der Waals surface area contributed by atoms with Gasteiger partial charge in [0.1, 0.15) is 5.82 Å². The molecule has 2 aromatic carbocycles. The van der Waals surface area contributed by atoms with Gasteiger partial charge in [0.25, 0.3) is 11.8 Å². The molecule has 10 heteroatoms. The van der Waals surface area contributed by atoms with Crippen LogP contribution in [-0.2, 0) is 11.3 Å². The minimum atomic E-state index is -1.13. The minimum absolute atomic E-state index is 0.176. The van der Waals surface area contributed by atoms with E-state index in [-0.39, 0.29) is 30.6 Å². The van der Waals surface area contributed by atoms with Gasteiger partial charge >= 0.3 is 5.97 Å². The van der Waals surface area contributed by atoms with E-state index >= 15 is 0 Å². The van der Waals surface area contributed by atoms with Crippen molar-refractivity contribution in [3.05, 3.63) is 81.5 Å². The molecule has 2 amide bonds. The summed E-state index contributed by atoms with van der Waals surface area (Å²) in [5, 5.41) is 17.3. The van der Waals surface area contributed by atoms with Gasteiger partial charge < -0.3 is 15.7 Å². The van der Waals surface area contributed by atoms with E-state index in [1.165, 1.54) is 30.3 Å². The molecule has 0 spiro atoms. The first kappa shape index (κ1) is 21.4. The minimum Gasteiger partial charge on any atom is -0.481 e. The number of nitrogens with one attached hydrogen (secondary N) is 2. The molecule has 0 saturated heterocycles. The molecule has 3 N–H and O–H groups in total. The maximum absolute atomic E-state index is 13.2. The highest BCUT2D eigenvalue weighted by Crippen LogP contribution is 2.07. The normalized spacial score (nSPS) is 11.1. The molecule has 0 aromatic heterocycles. The lowest BCUT2D eigenvalue weighted by molar-refractivity contribution is -0.137. The van der Waals surface area contributed by atoms with Gasteiger partial charge in [0.2, 0.25) is 0 Å². The topological polar surface area (TPSA) is 144 Å². The van der Waals surface area contributed by atoms with Crippen LogP contribution in [0.5, 0.6) is 0 Å². The highest BCUT2D eigenvalue weighted by atomic mass is 19.1. The van der Waals surface area contributed by atoms with Crippen LogP contribution in [0.2, 0.25) is 0 Å². The number of benzene rings is 2. The summed E-state index contributed by atoms with van der Waals surface area (Å²) >= 11 is 0. The zero-order valence-corrected chi connectivity index (χ0v) is 15.2. The van der Waals surface area contributed by atoms with Crippen molar-refractivity contribution in [2.75, 3.05) is 6.54 Å². The fourth-order valence-electron chi connectivity index (χ4n) is 2.46. The second-order valence-electron chi connectivity index (χ2n) is 6.07. The third-order valence-corrected chi connectivity index (χ3v) is 3.88. The Morgan fingerprint density at radius 1 is 1.10 bits per heavy atom. The highest BCUT2D eigenvalue weighted by Gasteiger charge is 2.16. The lowest BCUT2D eigenvalue weighted by atomic mass is 10.1. The molecule has 0 unspecified atom stereocenters. The Balaban J connectivity index is 1.94. The van der Waals surface area contributed by atoms with Crippen LogP contribution in [0, 0.1) is 5.82 Å². The van der Waals surface area contributed by atoms with Crippen LogP contribution in [0.1, 0.15) is 32.7 Å². The van der Waals surface area contributed by atoms with E-state index < -0.39 is 29.6 Å². The smallest absolute Gasteiger partial charge is 0.305 e. The van der Waals surface area contributed by atoms with Crippen LogP contribution in [0.3, 0.4) is 0 Å². The number of azide groups is 1. The predicted octanol–water partition coefficient (Wildman–Crippen LogP) is 2.64. The molecular weight excluding hydrogens is 381 g/mol. The zero-order chi connectivity index (χ0) is 21.2.